The standard InChI is InChI=1S/C10H12BrFN2O4S/c1-6(5-19(2,17)18)13-9-3-7(11)8(12)4-10(9)14(15)16/h3-4,6,13H,5H2,1-2H3. The molecule has 1 atom stereocenters. The second kappa shape index (κ2) is 5.83. The molecule has 0 spiro atoms. The number of nitrogens with zero attached hydrogens (tertiary/aromatic N) is 1. The lowest BCUT2D eigenvalue weighted by Crippen LogP contribution is -2.25. The highest BCUT2D eigenvalue weighted by Crippen LogP contribution is 2.31. The second-order valence-corrected chi connectivity index (χ2v) is 7.22. The van der Waals surface area contributed by atoms with E-state index >= 15 is 0 Å². The van der Waals surface area contributed by atoms with Gasteiger partial charge >= 0.3 is 0 Å². The minimum absolute atomic E-state index is 0.0622. The zero-order valence-electron chi connectivity index (χ0n) is 10.2. The first-order chi connectivity index (χ1) is 8.60. The van der Waals surface area contributed by atoms with Gasteiger partial charge in [-0.3, -0.25) is 10.1 Å². The van der Waals surface area contributed by atoms with Crippen molar-refractivity contribution in [2.75, 3.05) is 17.3 Å². The van der Waals surface area contributed by atoms with Crippen molar-refractivity contribution in [3.05, 3.63) is 32.5 Å². The van der Waals surface area contributed by atoms with Crippen molar-refractivity contribution in [3.63, 3.8) is 0 Å². The molecule has 0 saturated carbocycles. The molecule has 0 aliphatic heterocycles. The fraction of sp³-hybridized carbons (Fsp3) is 0.400. The summed E-state index contributed by atoms with van der Waals surface area (Å²) < 4.78 is 35.6. The van der Waals surface area contributed by atoms with Crippen LogP contribution in [-0.2, 0) is 9.84 Å². The number of anilines is 1. The lowest BCUT2D eigenvalue weighted by molar-refractivity contribution is -0.384. The van der Waals surface area contributed by atoms with Crippen LogP contribution in [-0.4, -0.2) is 31.4 Å². The largest absolute Gasteiger partial charge is 0.376 e. The van der Waals surface area contributed by atoms with Gasteiger partial charge < -0.3 is 5.32 Å². The lowest BCUT2D eigenvalue weighted by atomic mass is 10.2. The van der Waals surface area contributed by atoms with E-state index in [1.807, 2.05) is 0 Å². The Balaban J connectivity index is 3.06. The molecular weight excluding hydrogens is 343 g/mol. The Bertz CT molecular complexity index is 606. The Labute approximate surface area is 118 Å². The van der Waals surface area contributed by atoms with Crippen molar-refractivity contribution in [3.8, 4) is 0 Å². The maximum Gasteiger partial charge on any atom is 0.295 e. The van der Waals surface area contributed by atoms with E-state index < -0.39 is 32.3 Å². The van der Waals surface area contributed by atoms with Crippen molar-refractivity contribution in [1.82, 2.24) is 0 Å². The van der Waals surface area contributed by atoms with Crippen molar-refractivity contribution in [1.29, 1.82) is 0 Å². The molecule has 19 heavy (non-hydrogen) atoms. The number of sulfone groups is 1. The van der Waals surface area contributed by atoms with E-state index in [0.717, 1.165) is 12.3 Å². The third-order valence-corrected chi connectivity index (χ3v) is 3.90. The Morgan fingerprint density at radius 1 is 1.53 bits per heavy atom. The minimum atomic E-state index is -3.21. The average molecular weight is 355 g/mol. The van der Waals surface area contributed by atoms with Gasteiger partial charge in [-0.25, -0.2) is 12.8 Å². The predicted molar refractivity (Wildman–Crippen MR) is 73.5 cm³/mol. The Morgan fingerprint density at radius 2 is 2.11 bits per heavy atom. The summed E-state index contributed by atoms with van der Waals surface area (Å²) in [6, 6.07) is 1.46. The van der Waals surface area contributed by atoms with Gasteiger partial charge in [0.1, 0.15) is 21.3 Å². The number of halogens is 2. The molecule has 0 fully saturated rings. The van der Waals surface area contributed by atoms with Crippen LogP contribution in [0.5, 0.6) is 0 Å². The fourth-order valence-corrected chi connectivity index (χ4v) is 2.90. The van der Waals surface area contributed by atoms with Gasteiger partial charge in [0.25, 0.3) is 5.69 Å². The topological polar surface area (TPSA) is 89.3 Å². The van der Waals surface area contributed by atoms with Crippen molar-refractivity contribution >= 4 is 37.1 Å². The summed E-state index contributed by atoms with van der Waals surface area (Å²) >= 11 is 2.92. The van der Waals surface area contributed by atoms with Gasteiger partial charge in [0.05, 0.1) is 21.2 Å². The van der Waals surface area contributed by atoms with E-state index in [1.54, 1.807) is 6.92 Å². The molecule has 0 heterocycles. The molecule has 1 rings (SSSR count). The highest BCUT2D eigenvalue weighted by Gasteiger charge is 2.20. The summed E-state index contributed by atoms with van der Waals surface area (Å²) in [4.78, 5) is 10.1. The van der Waals surface area contributed by atoms with Crippen LogP contribution in [0.4, 0.5) is 15.8 Å². The van der Waals surface area contributed by atoms with Crippen LogP contribution in [0.2, 0.25) is 0 Å². The molecule has 1 N–H and O–H groups in total. The van der Waals surface area contributed by atoms with Gasteiger partial charge in [-0.1, -0.05) is 0 Å². The van der Waals surface area contributed by atoms with Crippen LogP contribution in [0.25, 0.3) is 0 Å². The third kappa shape index (κ3) is 4.75. The summed E-state index contributed by atoms with van der Waals surface area (Å²) in [5.41, 5.74) is -0.379. The van der Waals surface area contributed by atoms with Crippen LogP contribution in [0.3, 0.4) is 0 Å². The number of hydrogen-bond donors (Lipinski definition) is 1. The Morgan fingerprint density at radius 3 is 2.58 bits per heavy atom. The zero-order valence-corrected chi connectivity index (χ0v) is 12.6. The van der Waals surface area contributed by atoms with E-state index in [2.05, 4.69) is 21.2 Å². The highest BCUT2D eigenvalue weighted by molar-refractivity contribution is 9.10. The molecule has 0 bridgehead atoms. The molecule has 0 radical (unpaired) electrons. The van der Waals surface area contributed by atoms with Gasteiger partial charge in [-0.15, -0.1) is 0 Å². The molecule has 1 aromatic carbocycles. The van der Waals surface area contributed by atoms with E-state index in [1.165, 1.54) is 6.07 Å². The Kier molecular flexibility index (Phi) is 4.86. The van der Waals surface area contributed by atoms with E-state index in [4.69, 9.17) is 0 Å². The fourth-order valence-electron chi connectivity index (χ4n) is 1.56. The molecule has 106 valence electrons. The SMILES string of the molecule is CC(CS(C)(=O)=O)Nc1cc(Br)c(F)cc1[N+](=O)[O-]. The molecule has 9 heteroatoms. The maximum atomic E-state index is 13.3. The highest BCUT2D eigenvalue weighted by atomic mass is 79.9. The van der Waals surface area contributed by atoms with Gasteiger partial charge in [0.2, 0.25) is 0 Å². The average Bonchev–Trinajstić information content (AvgIpc) is 2.19. The molecule has 1 unspecified atom stereocenters. The van der Waals surface area contributed by atoms with Crippen LogP contribution in [0.15, 0.2) is 16.6 Å². The number of nitro groups is 1. The van der Waals surface area contributed by atoms with Crippen LogP contribution in [0.1, 0.15) is 6.92 Å². The summed E-state index contributed by atoms with van der Waals surface area (Å²) in [5, 5.41) is 13.5. The zero-order chi connectivity index (χ0) is 14.8. The smallest absolute Gasteiger partial charge is 0.295 e. The molecule has 0 saturated heterocycles. The molecular formula is C10H12BrFN2O4S. The van der Waals surface area contributed by atoms with Crippen LogP contribution >= 0.6 is 15.9 Å². The van der Waals surface area contributed by atoms with E-state index in [9.17, 15) is 22.9 Å². The quantitative estimate of drug-likeness (QED) is 0.647. The second-order valence-electron chi connectivity index (χ2n) is 4.18. The van der Waals surface area contributed by atoms with Crippen LogP contribution in [0, 0.1) is 15.9 Å². The van der Waals surface area contributed by atoms with Gasteiger partial charge in [-0.05, 0) is 28.9 Å². The van der Waals surface area contributed by atoms with Gasteiger partial charge in [0, 0.05) is 12.3 Å². The number of benzene rings is 1. The third-order valence-electron chi connectivity index (χ3n) is 2.19. The van der Waals surface area contributed by atoms with Gasteiger partial charge in [0.15, 0.2) is 0 Å². The normalized spacial score (nSPS) is 13.1. The van der Waals surface area contributed by atoms with Crippen molar-refractivity contribution in [2.45, 2.75) is 13.0 Å². The summed E-state index contributed by atoms with van der Waals surface area (Å²) in [6.07, 6.45) is 1.07. The van der Waals surface area contributed by atoms with Crippen LogP contribution < -0.4 is 5.32 Å². The Hall–Kier alpha value is -1.22. The first-order valence-corrected chi connectivity index (χ1v) is 8.03. The van der Waals surface area contributed by atoms with Crippen molar-refractivity contribution in [2.24, 2.45) is 0 Å². The number of hydrogen-bond acceptors (Lipinski definition) is 5. The monoisotopic (exact) mass is 354 g/mol. The molecule has 0 aliphatic rings. The predicted octanol–water partition coefficient (Wildman–Crippen LogP) is 2.34. The summed E-state index contributed by atoms with van der Waals surface area (Å²) in [7, 11) is -3.21. The lowest BCUT2D eigenvalue weighted by Gasteiger charge is -2.14. The first kappa shape index (κ1) is 15.8. The number of nitro benzene ring substituents is 1. The van der Waals surface area contributed by atoms with E-state index in [-0.39, 0.29) is 15.9 Å². The summed E-state index contributed by atoms with van der Waals surface area (Å²) in [5.74, 6) is -0.938. The molecule has 1 aromatic rings. The van der Waals surface area contributed by atoms with E-state index in [0.29, 0.717) is 0 Å². The number of rotatable bonds is 5. The number of nitrogens with one attached hydrogen (secondary N) is 1. The minimum Gasteiger partial charge on any atom is -0.376 e. The van der Waals surface area contributed by atoms with Crippen molar-refractivity contribution < 1.29 is 17.7 Å². The molecule has 0 aliphatic carbocycles. The molecule has 6 nitrogen and oxygen atoms in total. The molecule has 0 amide bonds. The first-order valence-electron chi connectivity index (χ1n) is 5.18. The molecule has 0 aromatic heterocycles. The van der Waals surface area contributed by atoms with Gasteiger partial charge in [-0.2, -0.15) is 0 Å². The summed E-state index contributed by atoms with van der Waals surface area (Å²) in [6.45, 7) is 1.57. The maximum absolute atomic E-state index is 13.3.